The number of halogens is 1. The number of amides is 1. The normalized spacial score (nSPS) is 21.7. The highest BCUT2D eigenvalue weighted by Crippen LogP contribution is 2.23. The van der Waals surface area contributed by atoms with Crippen molar-refractivity contribution in [1.29, 1.82) is 0 Å². The predicted octanol–water partition coefficient (Wildman–Crippen LogP) is 1.89. The lowest BCUT2D eigenvalue weighted by atomic mass is 10.0. The Labute approximate surface area is 125 Å². The molecule has 20 heavy (non-hydrogen) atoms. The van der Waals surface area contributed by atoms with Crippen molar-refractivity contribution >= 4 is 35.2 Å². The number of ether oxygens (including phenoxy) is 1. The summed E-state index contributed by atoms with van der Waals surface area (Å²) in [5.74, 6) is -2.08. The van der Waals surface area contributed by atoms with E-state index in [-0.39, 0.29) is 19.1 Å². The molecule has 0 saturated carbocycles. The number of carbonyl (C=O) groups excluding carboxylic acids is 1. The van der Waals surface area contributed by atoms with Crippen LogP contribution in [0, 0.1) is 5.92 Å². The fraction of sp³-hybridized carbons (Fsp3) is 0.385. The van der Waals surface area contributed by atoms with Crippen molar-refractivity contribution in [2.75, 3.05) is 19.5 Å². The van der Waals surface area contributed by atoms with E-state index in [1.165, 1.54) is 11.8 Å². The van der Waals surface area contributed by atoms with Crippen LogP contribution in [-0.4, -0.2) is 42.5 Å². The molecule has 5 nitrogen and oxygen atoms in total. The van der Waals surface area contributed by atoms with Crippen LogP contribution in [0.5, 0.6) is 0 Å². The van der Waals surface area contributed by atoms with Gasteiger partial charge in [-0.15, -0.1) is 11.8 Å². The van der Waals surface area contributed by atoms with Crippen molar-refractivity contribution in [2.45, 2.75) is 10.9 Å². The Morgan fingerprint density at radius 1 is 1.45 bits per heavy atom. The topological polar surface area (TPSA) is 75.6 Å². The molecule has 108 valence electrons. The number of aliphatic carboxylic acids is 1. The van der Waals surface area contributed by atoms with Crippen LogP contribution in [0.15, 0.2) is 23.1 Å². The van der Waals surface area contributed by atoms with Crippen LogP contribution in [0.25, 0.3) is 0 Å². The molecule has 1 aliphatic rings. The fourth-order valence-corrected chi connectivity index (χ4v) is 2.63. The third-order valence-corrected chi connectivity index (χ3v) is 4.19. The number of carbonyl (C=O) groups is 2. The summed E-state index contributed by atoms with van der Waals surface area (Å²) in [7, 11) is 0. The van der Waals surface area contributed by atoms with Gasteiger partial charge in [0.25, 0.3) is 5.91 Å². The molecule has 2 N–H and O–H groups in total. The molecule has 1 amide bonds. The van der Waals surface area contributed by atoms with Gasteiger partial charge in [0.1, 0.15) is 5.92 Å². The van der Waals surface area contributed by atoms with E-state index >= 15 is 0 Å². The van der Waals surface area contributed by atoms with Gasteiger partial charge in [0.2, 0.25) is 0 Å². The molecule has 1 saturated heterocycles. The summed E-state index contributed by atoms with van der Waals surface area (Å²) in [6.45, 7) is 0.307. The Bertz CT molecular complexity index is 537. The molecule has 0 aromatic heterocycles. The maximum absolute atomic E-state index is 12.2. The third kappa shape index (κ3) is 3.26. The zero-order chi connectivity index (χ0) is 14.7. The van der Waals surface area contributed by atoms with Crippen LogP contribution in [0.4, 0.5) is 0 Å². The number of nitrogens with one attached hydrogen (secondary N) is 1. The number of hydrogen-bond donors (Lipinski definition) is 2. The average Bonchev–Trinajstić information content (AvgIpc) is 2.87. The Morgan fingerprint density at radius 2 is 2.20 bits per heavy atom. The van der Waals surface area contributed by atoms with E-state index in [4.69, 9.17) is 21.4 Å². The van der Waals surface area contributed by atoms with Crippen LogP contribution in [0.1, 0.15) is 10.4 Å². The summed E-state index contributed by atoms with van der Waals surface area (Å²) in [6.07, 6.45) is 1.90. The molecule has 0 aliphatic carbocycles. The van der Waals surface area contributed by atoms with E-state index < -0.39 is 17.9 Å². The summed E-state index contributed by atoms with van der Waals surface area (Å²) in [6, 6.07) is 4.63. The molecular weight excluding hydrogens is 302 g/mol. The average molecular weight is 316 g/mol. The summed E-state index contributed by atoms with van der Waals surface area (Å²) in [5.41, 5.74) is 0.342. The van der Waals surface area contributed by atoms with E-state index in [0.717, 1.165) is 4.90 Å². The highest BCUT2D eigenvalue weighted by atomic mass is 35.5. The van der Waals surface area contributed by atoms with E-state index in [2.05, 4.69) is 5.32 Å². The maximum Gasteiger partial charge on any atom is 0.311 e. The van der Waals surface area contributed by atoms with Gasteiger partial charge in [0, 0.05) is 4.90 Å². The van der Waals surface area contributed by atoms with Gasteiger partial charge in [-0.05, 0) is 24.5 Å². The lowest BCUT2D eigenvalue weighted by Crippen LogP contribution is -2.42. The Kier molecular flexibility index (Phi) is 4.91. The van der Waals surface area contributed by atoms with Gasteiger partial charge in [-0.25, -0.2) is 0 Å². The van der Waals surface area contributed by atoms with Crippen molar-refractivity contribution < 1.29 is 19.4 Å². The number of hydrogen-bond acceptors (Lipinski definition) is 4. The van der Waals surface area contributed by atoms with Crippen molar-refractivity contribution in [3.8, 4) is 0 Å². The molecule has 1 fully saturated rings. The Balaban J connectivity index is 2.14. The van der Waals surface area contributed by atoms with Gasteiger partial charge in [-0.2, -0.15) is 0 Å². The van der Waals surface area contributed by atoms with Crippen molar-refractivity contribution in [3.05, 3.63) is 28.8 Å². The molecule has 2 rings (SSSR count). The minimum Gasteiger partial charge on any atom is -0.481 e. The first kappa shape index (κ1) is 15.2. The molecule has 2 atom stereocenters. The fourth-order valence-electron chi connectivity index (χ4n) is 1.99. The van der Waals surface area contributed by atoms with E-state index in [1.54, 1.807) is 12.1 Å². The van der Waals surface area contributed by atoms with Crippen LogP contribution in [0.2, 0.25) is 5.02 Å². The van der Waals surface area contributed by atoms with Crippen LogP contribution >= 0.6 is 23.4 Å². The highest BCUT2D eigenvalue weighted by Gasteiger charge is 2.35. The predicted molar refractivity (Wildman–Crippen MR) is 76.4 cm³/mol. The molecular formula is C13H14ClNO4S. The number of thioether (sulfide) groups is 1. The molecule has 0 bridgehead atoms. The largest absolute Gasteiger partial charge is 0.481 e. The second kappa shape index (κ2) is 6.47. The summed E-state index contributed by atoms with van der Waals surface area (Å²) < 4.78 is 5.11. The first-order chi connectivity index (χ1) is 9.52. The summed E-state index contributed by atoms with van der Waals surface area (Å²) in [4.78, 5) is 24.2. The molecule has 1 aromatic rings. The third-order valence-electron chi connectivity index (χ3n) is 3.13. The van der Waals surface area contributed by atoms with E-state index in [1.807, 2.05) is 12.3 Å². The molecule has 0 radical (unpaired) electrons. The first-order valence-electron chi connectivity index (χ1n) is 5.98. The van der Waals surface area contributed by atoms with Gasteiger partial charge in [-0.3, -0.25) is 9.59 Å². The summed E-state index contributed by atoms with van der Waals surface area (Å²) >= 11 is 7.51. The lowest BCUT2D eigenvalue weighted by molar-refractivity contribution is -0.142. The van der Waals surface area contributed by atoms with Gasteiger partial charge in [-0.1, -0.05) is 11.6 Å². The molecule has 2 unspecified atom stereocenters. The second-order valence-corrected chi connectivity index (χ2v) is 5.69. The van der Waals surface area contributed by atoms with Crippen molar-refractivity contribution in [3.63, 3.8) is 0 Å². The minimum atomic E-state index is -0.975. The molecule has 7 heteroatoms. The van der Waals surface area contributed by atoms with E-state index in [0.29, 0.717) is 10.6 Å². The number of carboxylic acids is 1. The van der Waals surface area contributed by atoms with Gasteiger partial charge in [0.15, 0.2) is 0 Å². The van der Waals surface area contributed by atoms with Crippen LogP contribution in [0.3, 0.4) is 0 Å². The van der Waals surface area contributed by atoms with Gasteiger partial charge in [0.05, 0.1) is 29.8 Å². The van der Waals surface area contributed by atoms with E-state index in [9.17, 15) is 9.59 Å². The number of rotatable bonds is 4. The molecule has 1 heterocycles. The minimum absolute atomic E-state index is 0.110. The standard InChI is InChI=1S/C13H14ClNO4S/c1-20-7-2-3-10(14)8(4-7)12(16)15-11-6-19-5-9(11)13(17)18/h2-4,9,11H,5-6H2,1H3,(H,15,16)(H,17,18). The zero-order valence-electron chi connectivity index (χ0n) is 10.8. The lowest BCUT2D eigenvalue weighted by Gasteiger charge is -2.16. The molecule has 0 spiro atoms. The number of benzene rings is 1. The molecule has 1 aliphatic heterocycles. The van der Waals surface area contributed by atoms with Crippen molar-refractivity contribution in [1.82, 2.24) is 5.32 Å². The van der Waals surface area contributed by atoms with Gasteiger partial charge >= 0.3 is 5.97 Å². The Hall–Kier alpha value is -1.24. The smallest absolute Gasteiger partial charge is 0.311 e. The molecule has 1 aromatic carbocycles. The second-order valence-electron chi connectivity index (χ2n) is 4.41. The SMILES string of the molecule is CSc1ccc(Cl)c(C(=O)NC2COCC2C(=O)O)c1. The summed E-state index contributed by atoms with van der Waals surface area (Å²) in [5, 5.41) is 12.1. The van der Waals surface area contributed by atoms with Crippen LogP contribution in [-0.2, 0) is 9.53 Å². The monoisotopic (exact) mass is 315 g/mol. The Morgan fingerprint density at radius 3 is 2.85 bits per heavy atom. The van der Waals surface area contributed by atoms with Gasteiger partial charge < -0.3 is 15.2 Å². The quantitative estimate of drug-likeness (QED) is 0.830. The number of carboxylic acid groups (broad SMARTS) is 1. The highest BCUT2D eigenvalue weighted by molar-refractivity contribution is 7.98. The van der Waals surface area contributed by atoms with Crippen molar-refractivity contribution in [2.24, 2.45) is 5.92 Å². The first-order valence-corrected chi connectivity index (χ1v) is 7.58. The van der Waals surface area contributed by atoms with Crippen LogP contribution < -0.4 is 5.32 Å². The zero-order valence-corrected chi connectivity index (χ0v) is 12.3. The maximum atomic E-state index is 12.2.